The highest BCUT2D eigenvalue weighted by Crippen LogP contribution is 2.28. The van der Waals surface area contributed by atoms with Gasteiger partial charge in [0.05, 0.1) is 12.8 Å². The van der Waals surface area contributed by atoms with Crippen molar-refractivity contribution in [1.82, 2.24) is 4.90 Å². The first-order valence-corrected chi connectivity index (χ1v) is 8.66. The molecule has 0 amide bonds. The maximum Gasteiger partial charge on any atom is 0.142 e. The number of benzene rings is 2. The number of halogens is 1. The Hall–Kier alpha value is -1.75. The van der Waals surface area contributed by atoms with Crippen molar-refractivity contribution in [2.45, 2.75) is 12.5 Å². The molecular formula is C20H28ClN3O. The van der Waals surface area contributed by atoms with Gasteiger partial charge in [-0.1, -0.05) is 42.5 Å². The fourth-order valence-corrected chi connectivity index (χ4v) is 3.38. The molecule has 1 saturated heterocycles. The Morgan fingerprint density at radius 3 is 2.28 bits per heavy atom. The van der Waals surface area contributed by atoms with Crippen molar-refractivity contribution in [2.75, 3.05) is 44.7 Å². The predicted molar refractivity (Wildman–Crippen MR) is 107 cm³/mol. The first-order chi connectivity index (χ1) is 11.8. The SMILES string of the molecule is COc1ccccc1N1CCN(CC(N)Cc2ccccc2)CC1.Cl. The summed E-state index contributed by atoms with van der Waals surface area (Å²) in [4.78, 5) is 4.87. The molecule has 0 saturated carbocycles. The van der Waals surface area contributed by atoms with Gasteiger partial charge in [0.2, 0.25) is 0 Å². The maximum atomic E-state index is 6.35. The highest BCUT2D eigenvalue weighted by atomic mass is 35.5. The molecule has 1 unspecified atom stereocenters. The van der Waals surface area contributed by atoms with Gasteiger partial charge in [-0.15, -0.1) is 12.4 Å². The molecule has 0 aromatic heterocycles. The van der Waals surface area contributed by atoms with E-state index < -0.39 is 0 Å². The molecular weight excluding hydrogens is 334 g/mol. The number of nitrogens with two attached hydrogens (primary N) is 1. The molecule has 1 aliphatic rings. The summed E-state index contributed by atoms with van der Waals surface area (Å²) < 4.78 is 5.48. The molecule has 0 bridgehead atoms. The van der Waals surface area contributed by atoms with Gasteiger partial charge < -0.3 is 15.4 Å². The van der Waals surface area contributed by atoms with Crippen LogP contribution in [0.3, 0.4) is 0 Å². The quantitative estimate of drug-likeness (QED) is 0.859. The average Bonchev–Trinajstić information content (AvgIpc) is 2.63. The van der Waals surface area contributed by atoms with Gasteiger partial charge in [-0.2, -0.15) is 0 Å². The van der Waals surface area contributed by atoms with Gasteiger partial charge in [-0.25, -0.2) is 0 Å². The van der Waals surface area contributed by atoms with Crippen LogP contribution in [0.25, 0.3) is 0 Å². The van der Waals surface area contributed by atoms with Gasteiger partial charge in [0, 0.05) is 38.8 Å². The van der Waals surface area contributed by atoms with Gasteiger partial charge in [-0.3, -0.25) is 4.90 Å². The highest BCUT2D eigenvalue weighted by Gasteiger charge is 2.20. The highest BCUT2D eigenvalue weighted by molar-refractivity contribution is 5.85. The lowest BCUT2D eigenvalue weighted by atomic mass is 10.1. The molecule has 0 spiro atoms. The Morgan fingerprint density at radius 2 is 1.60 bits per heavy atom. The lowest BCUT2D eigenvalue weighted by molar-refractivity contribution is 0.241. The zero-order valence-corrected chi connectivity index (χ0v) is 15.6. The predicted octanol–water partition coefficient (Wildman–Crippen LogP) is 2.81. The van der Waals surface area contributed by atoms with Gasteiger partial charge in [0.25, 0.3) is 0 Å². The van der Waals surface area contributed by atoms with E-state index in [1.54, 1.807) is 7.11 Å². The third-order valence-electron chi connectivity index (χ3n) is 4.63. The fourth-order valence-electron chi connectivity index (χ4n) is 3.38. The Morgan fingerprint density at radius 1 is 0.960 bits per heavy atom. The monoisotopic (exact) mass is 361 g/mol. The Balaban J connectivity index is 0.00000225. The normalized spacial score (nSPS) is 16.2. The van der Waals surface area contributed by atoms with Crippen LogP contribution >= 0.6 is 12.4 Å². The van der Waals surface area contributed by atoms with Gasteiger partial charge >= 0.3 is 0 Å². The number of anilines is 1. The maximum absolute atomic E-state index is 6.35. The molecule has 0 radical (unpaired) electrons. The molecule has 1 fully saturated rings. The van der Waals surface area contributed by atoms with Crippen LogP contribution in [-0.2, 0) is 6.42 Å². The molecule has 1 atom stereocenters. The Labute approximate surface area is 157 Å². The van der Waals surface area contributed by atoms with Gasteiger partial charge in [0.15, 0.2) is 0 Å². The molecule has 5 heteroatoms. The number of hydrogen-bond donors (Lipinski definition) is 1. The van der Waals surface area contributed by atoms with Crippen LogP contribution in [-0.4, -0.2) is 50.8 Å². The summed E-state index contributed by atoms with van der Waals surface area (Å²) in [5, 5.41) is 0. The Kier molecular flexibility index (Phi) is 7.56. The molecule has 1 heterocycles. The smallest absolute Gasteiger partial charge is 0.142 e. The molecule has 2 aromatic carbocycles. The summed E-state index contributed by atoms with van der Waals surface area (Å²) in [6.07, 6.45) is 0.938. The fraction of sp³-hybridized carbons (Fsp3) is 0.400. The molecule has 1 aliphatic heterocycles. The summed E-state index contributed by atoms with van der Waals surface area (Å²) in [6.45, 7) is 5.06. The summed E-state index contributed by atoms with van der Waals surface area (Å²) >= 11 is 0. The minimum absolute atomic E-state index is 0. The van der Waals surface area contributed by atoms with Crippen LogP contribution in [0.2, 0.25) is 0 Å². The van der Waals surface area contributed by atoms with E-state index in [-0.39, 0.29) is 18.4 Å². The van der Waals surface area contributed by atoms with Crippen molar-refractivity contribution in [3.05, 3.63) is 60.2 Å². The van der Waals surface area contributed by atoms with Crippen molar-refractivity contribution in [3.8, 4) is 5.75 Å². The summed E-state index contributed by atoms with van der Waals surface area (Å²) in [5.74, 6) is 0.951. The third kappa shape index (κ3) is 5.36. The Bertz CT molecular complexity index is 630. The summed E-state index contributed by atoms with van der Waals surface area (Å²) in [7, 11) is 1.73. The number of nitrogens with zero attached hydrogens (tertiary/aromatic N) is 2. The largest absolute Gasteiger partial charge is 0.495 e. The molecule has 0 aliphatic carbocycles. The zero-order valence-electron chi connectivity index (χ0n) is 14.8. The minimum Gasteiger partial charge on any atom is -0.495 e. The van der Waals surface area contributed by atoms with Gasteiger partial charge in [-0.05, 0) is 24.1 Å². The second-order valence-corrected chi connectivity index (χ2v) is 6.41. The first kappa shape index (κ1) is 19.6. The molecule has 25 heavy (non-hydrogen) atoms. The number of piperazine rings is 1. The van der Waals surface area contributed by atoms with E-state index in [0.717, 1.165) is 44.9 Å². The van der Waals surface area contributed by atoms with Crippen LogP contribution in [0.5, 0.6) is 5.75 Å². The van der Waals surface area contributed by atoms with E-state index in [9.17, 15) is 0 Å². The third-order valence-corrected chi connectivity index (χ3v) is 4.63. The van der Waals surface area contributed by atoms with Crippen molar-refractivity contribution < 1.29 is 4.74 Å². The standard InChI is InChI=1S/C20H27N3O.ClH/c1-24-20-10-6-5-9-19(20)23-13-11-22(12-14-23)16-18(21)15-17-7-3-2-4-8-17;/h2-10,18H,11-16,21H2,1H3;1H. The van der Waals surface area contributed by atoms with Crippen molar-refractivity contribution >= 4 is 18.1 Å². The molecule has 2 aromatic rings. The van der Waals surface area contributed by atoms with Crippen LogP contribution in [0.15, 0.2) is 54.6 Å². The topological polar surface area (TPSA) is 41.7 Å². The first-order valence-electron chi connectivity index (χ1n) is 8.66. The van der Waals surface area contributed by atoms with E-state index >= 15 is 0 Å². The summed E-state index contributed by atoms with van der Waals surface area (Å²) in [6, 6.07) is 18.9. The van der Waals surface area contributed by atoms with Crippen LogP contribution in [0.4, 0.5) is 5.69 Å². The molecule has 4 nitrogen and oxygen atoms in total. The number of ether oxygens (including phenoxy) is 1. The van der Waals surface area contributed by atoms with E-state index in [1.807, 2.05) is 18.2 Å². The number of para-hydroxylation sites is 2. The number of methoxy groups -OCH3 is 1. The van der Waals surface area contributed by atoms with Crippen LogP contribution in [0, 0.1) is 0 Å². The van der Waals surface area contributed by atoms with E-state index in [4.69, 9.17) is 10.5 Å². The zero-order chi connectivity index (χ0) is 16.8. The van der Waals surface area contributed by atoms with E-state index in [2.05, 4.69) is 46.2 Å². The lowest BCUT2D eigenvalue weighted by Gasteiger charge is -2.37. The molecule has 136 valence electrons. The average molecular weight is 362 g/mol. The lowest BCUT2D eigenvalue weighted by Crippen LogP contribution is -2.50. The molecule has 2 N–H and O–H groups in total. The van der Waals surface area contributed by atoms with Crippen molar-refractivity contribution in [1.29, 1.82) is 0 Å². The van der Waals surface area contributed by atoms with Crippen molar-refractivity contribution in [2.24, 2.45) is 5.73 Å². The van der Waals surface area contributed by atoms with Crippen LogP contribution in [0.1, 0.15) is 5.56 Å². The van der Waals surface area contributed by atoms with Gasteiger partial charge in [0.1, 0.15) is 5.75 Å². The van der Waals surface area contributed by atoms with Crippen molar-refractivity contribution in [3.63, 3.8) is 0 Å². The minimum atomic E-state index is 0. The van der Waals surface area contributed by atoms with E-state index in [0.29, 0.717) is 0 Å². The second kappa shape index (κ2) is 9.66. The number of hydrogen-bond acceptors (Lipinski definition) is 4. The van der Waals surface area contributed by atoms with Crippen LogP contribution < -0.4 is 15.4 Å². The number of rotatable bonds is 6. The molecule has 3 rings (SSSR count). The second-order valence-electron chi connectivity index (χ2n) is 6.41. The van der Waals surface area contributed by atoms with E-state index in [1.165, 1.54) is 11.3 Å². The summed E-state index contributed by atoms with van der Waals surface area (Å²) in [5.41, 5.74) is 8.86.